The Morgan fingerprint density at radius 1 is 1.14 bits per heavy atom. The first kappa shape index (κ1) is 24.6. The summed E-state index contributed by atoms with van der Waals surface area (Å²) in [4.78, 5) is 14.4. The number of carbonyl (C=O) groups is 1. The van der Waals surface area contributed by atoms with Crippen LogP contribution in [0.15, 0.2) is 85.5 Å². The Balaban J connectivity index is 1.17. The maximum atomic E-state index is 12.0. The first-order valence-corrected chi connectivity index (χ1v) is 12.5. The summed E-state index contributed by atoms with van der Waals surface area (Å²) in [5.41, 5.74) is 4.52. The standard InChI is InChI=1S/C30H36N2O3/c1-4-5-6-22(2)20-35-30(33)31-23(3)17-24-9-11-26(12-10-24)27-18-32(19-27)28-13-15-29(16-14-28)34-21-25-7-8-25/h4-6,9-16,23,25,27H,1-2,7-8,17-21H2,3H3,(H,31,33)/b6-5-. The lowest BCUT2D eigenvalue weighted by atomic mass is 9.90. The van der Waals surface area contributed by atoms with Gasteiger partial charge in [0.15, 0.2) is 0 Å². The van der Waals surface area contributed by atoms with Gasteiger partial charge in [-0.25, -0.2) is 4.79 Å². The van der Waals surface area contributed by atoms with Crippen molar-refractivity contribution in [3.05, 3.63) is 96.6 Å². The molecule has 1 heterocycles. The SMILES string of the molecule is C=C/C=C\C(=C)COC(=O)NC(C)Cc1ccc(C2CN(c3ccc(OCC4CC4)cc3)C2)cc1. The number of alkyl carbamates (subject to hydrolysis) is 1. The van der Waals surface area contributed by atoms with Gasteiger partial charge < -0.3 is 19.7 Å². The largest absolute Gasteiger partial charge is 0.493 e. The van der Waals surface area contributed by atoms with E-state index in [-0.39, 0.29) is 12.6 Å². The molecule has 1 unspecified atom stereocenters. The van der Waals surface area contributed by atoms with Crippen molar-refractivity contribution in [2.45, 2.75) is 38.1 Å². The maximum absolute atomic E-state index is 12.0. The van der Waals surface area contributed by atoms with Crippen LogP contribution in [0.3, 0.4) is 0 Å². The highest BCUT2D eigenvalue weighted by Gasteiger charge is 2.28. The second kappa shape index (κ2) is 11.8. The second-order valence-corrected chi connectivity index (χ2v) is 9.67. The van der Waals surface area contributed by atoms with E-state index >= 15 is 0 Å². The minimum Gasteiger partial charge on any atom is -0.493 e. The summed E-state index contributed by atoms with van der Waals surface area (Å²) >= 11 is 0. The highest BCUT2D eigenvalue weighted by molar-refractivity contribution is 5.67. The number of hydrogen-bond acceptors (Lipinski definition) is 4. The number of hydrogen-bond donors (Lipinski definition) is 1. The molecule has 1 aliphatic carbocycles. The Bertz CT molecular complexity index is 1030. The van der Waals surface area contributed by atoms with E-state index < -0.39 is 6.09 Å². The highest BCUT2D eigenvalue weighted by atomic mass is 16.5. The highest BCUT2D eigenvalue weighted by Crippen LogP contribution is 2.33. The molecule has 1 N–H and O–H groups in total. The fraction of sp³-hybridized carbons (Fsp3) is 0.367. The van der Waals surface area contributed by atoms with Gasteiger partial charge in [-0.15, -0.1) is 0 Å². The summed E-state index contributed by atoms with van der Waals surface area (Å²) in [6.07, 6.45) is 8.13. The van der Waals surface area contributed by atoms with Gasteiger partial charge in [-0.2, -0.15) is 0 Å². The molecule has 184 valence electrons. The molecular weight excluding hydrogens is 436 g/mol. The lowest BCUT2D eigenvalue weighted by Crippen LogP contribution is -2.45. The molecule has 2 aromatic carbocycles. The zero-order chi connectivity index (χ0) is 24.6. The van der Waals surface area contributed by atoms with E-state index in [0.717, 1.165) is 37.8 Å². The summed E-state index contributed by atoms with van der Waals surface area (Å²) in [7, 11) is 0. The monoisotopic (exact) mass is 472 g/mol. The molecule has 1 aliphatic heterocycles. The molecule has 1 amide bonds. The summed E-state index contributed by atoms with van der Waals surface area (Å²) in [6, 6.07) is 17.2. The molecule has 0 spiro atoms. The van der Waals surface area contributed by atoms with Gasteiger partial charge in [-0.3, -0.25) is 0 Å². The minimum atomic E-state index is -0.431. The molecule has 35 heavy (non-hydrogen) atoms. The Labute approximate surface area is 209 Å². The summed E-state index contributed by atoms with van der Waals surface area (Å²) in [5, 5.41) is 2.88. The molecule has 1 saturated carbocycles. The average Bonchev–Trinajstić information content (AvgIpc) is 3.65. The van der Waals surface area contributed by atoms with Crippen molar-refractivity contribution in [2.24, 2.45) is 5.92 Å². The van der Waals surface area contributed by atoms with Gasteiger partial charge in [0.25, 0.3) is 0 Å². The van der Waals surface area contributed by atoms with Gasteiger partial charge in [0.1, 0.15) is 12.4 Å². The van der Waals surface area contributed by atoms with Crippen molar-refractivity contribution in [2.75, 3.05) is 31.2 Å². The third-order valence-corrected chi connectivity index (χ3v) is 6.48. The van der Waals surface area contributed by atoms with Gasteiger partial charge in [0, 0.05) is 30.7 Å². The van der Waals surface area contributed by atoms with Crippen LogP contribution >= 0.6 is 0 Å². The quantitative estimate of drug-likeness (QED) is 0.383. The summed E-state index contributed by atoms with van der Waals surface area (Å²) in [6.45, 7) is 12.5. The molecule has 1 atom stereocenters. The fourth-order valence-electron chi connectivity index (χ4n) is 4.14. The van der Waals surface area contributed by atoms with Crippen LogP contribution in [0.25, 0.3) is 0 Å². The number of allylic oxidation sites excluding steroid dienone is 2. The number of amides is 1. The van der Waals surface area contributed by atoms with Gasteiger partial charge in [0.2, 0.25) is 0 Å². The lowest BCUT2D eigenvalue weighted by molar-refractivity contribution is 0.153. The number of ether oxygens (including phenoxy) is 2. The molecule has 0 bridgehead atoms. The first-order valence-electron chi connectivity index (χ1n) is 12.5. The van der Waals surface area contributed by atoms with E-state index in [0.29, 0.717) is 11.5 Å². The Hall–Kier alpha value is -3.47. The van der Waals surface area contributed by atoms with E-state index in [1.54, 1.807) is 18.2 Å². The average molecular weight is 473 g/mol. The number of benzene rings is 2. The Morgan fingerprint density at radius 2 is 1.86 bits per heavy atom. The van der Waals surface area contributed by atoms with Crippen molar-refractivity contribution in [1.29, 1.82) is 0 Å². The topological polar surface area (TPSA) is 50.8 Å². The van der Waals surface area contributed by atoms with Crippen LogP contribution in [0.2, 0.25) is 0 Å². The normalized spacial score (nSPS) is 16.4. The molecule has 0 aromatic heterocycles. The first-order chi connectivity index (χ1) is 17.0. The second-order valence-electron chi connectivity index (χ2n) is 9.67. The van der Waals surface area contributed by atoms with Crippen molar-refractivity contribution in [3.63, 3.8) is 0 Å². The number of nitrogens with one attached hydrogen (secondary N) is 1. The molecule has 5 nitrogen and oxygen atoms in total. The van der Waals surface area contributed by atoms with Crippen LogP contribution in [0.5, 0.6) is 5.75 Å². The van der Waals surface area contributed by atoms with Crippen LogP contribution in [0, 0.1) is 5.92 Å². The van der Waals surface area contributed by atoms with Gasteiger partial charge in [-0.05, 0) is 73.1 Å². The molecule has 2 fully saturated rings. The zero-order valence-corrected chi connectivity index (χ0v) is 20.6. The summed E-state index contributed by atoms with van der Waals surface area (Å²) < 4.78 is 11.1. The molecular formula is C30H36N2O3. The van der Waals surface area contributed by atoms with Crippen LogP contribution in [-0.4, -0.2) is 38.4 Å². The third-order valence-electron chi connectivity index (χ3n) is 6.48. The zero-order valence-electron chi connectivity index (χ0n) is 20.6. The number of nitrogens with zero attached hydrogens (tertiary/aromatic N) is 1. The number of anilines is 1. The molecule has 1 saturated heterocycles. The molecule has 0 radical (unpaired) electrons. The maximum Gasteiger partial charge on any atom is 0.407 e. The van der Waals surface area contributed by atoms with Gasteiger partial charge >= 0.3 is 6.09 Å². The van der Waals surface area contributed by atoms with Gasteiger partial charge in [0.05, 0.1) is 6.61 Å². The Kier molecular flexibility index (Phi) is 8.30. The van der Waals surface area contributed by atoms with Crippen LogP contribution < -0.4 is 15.0 Å². The van der Waals surface area contributed by atoms with E-state index in [4.69, 9.17) is 9.47 Å². The van der Waals surface area contributed by atoms with Crippen molar-refractivity contribution in [3.8, 4) is 5.75 Å². The Morgan fingerprint density at radius 3 is 2.51 bits per heavy atom. The van der Waals surface area contributed by atoms with Crippen LogP contribution in [0.4, 0.5) is 10.5 Å². The molecule has 2 aliphatic rings. The molecule has 4 rings (SSSR count). The predicted molar refractivity (Wildman–Crippen MR) is 142 cm³/mol. The van der Waals surface area contributed by atoms with Crippen LogP contribution in [0.1, 0.15) is 36.8 Å². The number of rotatable bonds is 12. The minimum absolute atomic E-state index is 0.0271. The van der Waals surface area contributed by atoms with E-state index in [2.05, 4.69) is 71.9 Å². The van der Waals surface area contributed by atoms with Crippen molar-refractivity contribution >= 4 is 11.8 Å². The van der Waals surface area contributed by atoms with E-state index in [9.17, 15) is 4.79 Å². The molecule has 5 heteroatoms. The fourth-order valence-corrected chi connectivity index (χ4v) is 4.14. The van der Waals surface area contributed by atoms with Crippen molar-refractivity contribution < 1.29 is 14.3 Å². The lowest BCUT2D eigenvalue weighted by Gasteiger charge is -2.41. The predicted octanol–water partition coefficient (Wildman–Crippen LogP) is 6.03. The van der Waals surface area contributed by atoms with Crippen LogP contribution in [-0.2, 0) is 11.2 Å². The van der Waals surface area contributed by atoms with E-state index in [1.165, 1.54) is 29.7 Å². The van der Waals surface area contributed by atoms with Crippen molar-refractivity contribution in [1.82, 2.24) is 5.32 Å². The summed E-state index contributed by atoms with van der Waals surface area (Å²) in [5.74, 6) is 2.29. The smallest absolute Gasteiger partial charge is 0.407 e. The number of carbonyl (C=O) groups excluding carboxylic acids is 1. The van der Waals surface area contributed by atoms with Gasteiger partial charge in [-0.1, -0.05) is 55.7 Å². The third kappa shape index (κ3) is 7.51. The molecule has 2 aromatic rings. The van der Waals surface area contributed by atoms with E-state index in [1.807, 2.05) is 6.92 Å².